The number of hydrogen-bond acceptors (Lipinski definition) is 1. The predicted molar refractivity (Wildman–Crippen MR) is 56.8 cm³/mol. The molecule has 0 aliphatic heterocycles. The molecule has 0 bridgehead atoms. The highest BCUT2D eigenvalue weighted by molar-refractivity contribution is 4.81. The van der Waals surface area contributed by atoms with Crippen LogP contribution < -0.4 is 5.32 Å². The van der Waals surface area contributed by atoms with E-state index in [-0.39, 0.29) is 0 Å². The Hall–Kier alpha value is -0.0400. The van der Waals surface area contributed by atoms with Crippen LogP contribution in [0.15, 0.2) is 0 Å². The second-order valence-corrected chi connectivity index (χ2v) is 4.99. The molecular weight excluding hydrogens is 158 g/mol. The largest absolute Gasteiger partial charge is 0.314 e. The van der Waals surface area contributed by atoms with E-state index in [0.717, 1.165) is 17.9 Å². The first-order chi connectivity index (χ1) is 6.38. The lowest BCUT2D eigenvalue weighted by Crippen LogP contribution is -2.35. The van der Waals surface area contributed by atoms with Crippen LogP contribution in [-0.4, -0.2) is 12.6 Å². The first kappa shape index (κ1) is 9.51. The zero-order chi connectivity index (χ0) is 9.10. The zero-order valence-corrected chi connectivity index (χ0v) is 8.89. The smallest absolute Gasteiger partial charge is 0.00698 e. The van der Waals surface area contributed by atoms with E-state index in [0.29, 0.717) is 0 Å². The molecule has 0 radical (unpaired) electrons. The van der Waals surface area contributed by atoms with Crippen LogP contribution in [0, 0.1) is 11.8 Å². The third kappa shape index (κ3) is 2.98. The highest BCUT2D eigenvalue weighted by Gasteiger charge is 2.24. The van der Waals surface area contributed by atoms with Gasteiger partial charge < -0.3 is 5.32 Å². The van der Waals surface area contributed by atoms with Gasteiger partial charge in [0.25, 0.3) is 0 Å². The summed E-state index contributed by atoms with van der Waals surface area (Å²) in [4.78, 5) is 0. The van der Waals surface area contributed by atoms with Crippen molar-refractivity contribution in [3.8, 4) is 0 Å². The Morgan fingerprint density at radius 1 is 1.08 bits per heavy atom. The molecule has 1 N–H and O–H groups in total. The Labute approximate surface area is 82.3 Å². The maximum Gasteiger partial charge on any atom is 0.00698 e. The first-order valence-corrected chi connectivity index (χ1v) is 6.12. The SMILES string of the molecule is CCC1CCCC(NCC2CC2)C1. The van der Waals surface area contributed by atoms with Gasteiger partial charge in [0.2, 0.25) is 0 Å². The summed E-state index contributed by atoms with van der Waals surface area (Å²) < 4.78 is 0. The minimum Gasteiger partial charge on any atom is -0.314 e. The standard InChI is InChI=1S/C12H23N/c1-2-10-4-3-5-12(8-10)13-9-11-6-7-11/h10-13H,2-9H2,1H3. The molecule has 0 saturated heterocycles. The van der Waals surface area contributed by atoms with E-state index >= 15 is 0 Å². The average Bonchev–Trinajstić information content (AvgIpc) is 2.99. The fraction of sp³-hybridized carbons (Fsp3) is 1.00. The first-order valence-electron chi connectivity index (χ1n) is 6.12. The van der Waals surface area contributed by atoms with Gasteiger partial charge in [0.15, 0.2) is 0 Å². The Morgan fingerprint density at radius 3 is 2.62 bits per heavy atom. The summed E-state index contributed by atoms with van der Waals surface area (Å²) in [6, 6.07) is 0.860. The topological polar surface area (TPSA) is 12.0 Å². The molecule has 2 aliphatic rings. The van der Waals surface area contributed by atoms with Crippen LogP contribution >= 0.6 is 0 Å². The maximum atomic E-state index is 3.75. The second kappa shape index (κ2) is 4.45. The molecule has 0 aromatic heterocycles. The fourth-order valence-corrected chi connectivity index (χ4v) is 2.50. The molecule has 2 fully saturated rings. The minimum atomic E-state index is 0.860. The van der Waals surface area contributed by atoms with Crippen molar-refractivity contribution < 1.29 is 0 Å². The van der Waals surface area contributed by atoms with E-state index in [1.165, 1.54) is 51.5 Å². The molecule has 2 saturated carbocycles. The van der Waals surface area contributed by atoms with Gasteiger partial charge in [0.05, 0.1) is 0 Å². The molecule has 13 heavy (non-hydrogen) atoms. The van der Waals surface area contributed by atoms with Crippen LogP contribution in [0.2, 0.25) is 0 Å². The molecule has 1 nitrogen and oxygen atoms in total. The van der Waals surface area contributed by atoms with Crippen LogP contribution in [0.1, 0.15) is 51.9 Å². The highest BCUT2D eigenvalue weighted by Crippen LogP contribution is 2.30. The summed E-state index contributed by atoms with van der Waals surface area (Å²) in [5, 5.41) is 3.75. The lowest BCUT2D eigenvalue weighted by Gasteiger charge is -2.29. The summed E-state index contributed by atoms with van der Waals surface area (Å²) in [6.45, 7) is 3.65. The van der Waals surface area contributed by atoms with Crippen LogP contribution in [0.3, 0.4) is 0 Å². The van der Waals surface area contributed by atoms with Crippen molar-refractivity contribution in [2.45, 2.75) is 57.9 Å². The van der Waals surface area contributed by atoms with Crippen molar-refractivity contribution in [1.82, 2.24) is 5.32 Å². The highest BCUT2D eigenvalue weighted by atomic mass is 14.9. The zero-order valence-electron chi connectivity index (χ0n) is 8.89. The van der Waals surface area contributed by atoms with Crippen molar-refractivity contribution in [1.29, 1.82) is 0 Å². The van der Waals surface area contributed by atoms with Crippen LogP contribution in [0.4, 0.5) is 0 Å². The van der Waals surface area contributed by atoms with Gasteiger partial charge in [-0.05, 0) is 44.1 Å². The van der Waals surface area contributed by atoms with Crippen molar-refractivity contribution in [2.24, 2.45) is 11.8 Å². The van der Waals surface area contributed by atoms with Crippen LogP contribution in [0.5, 0.6) is 0 Å². The van der Waals surface area contributed by atoms with Gasteiger partial charge in [-0.15, -0.1) is 0 Å². The molecule has 0 spiro atoms. The lowest BCUT2D eigenvalue weighted by atomic mass is 9.84. The van der Waals surface area contributed by atoms with E-state index in [1.807, 2.05) is 0 Å². The second-order valence-electron chi connectivity index (χ2n) is 4.99. The molecule has 2 atom stereocenters. The number of hydrogen-bond donors (Lipinski definition) is 1. The van der Waals surface area contributed by atoms with Crippen LogP contribution in [0.25, 0.3) is 0 Å². The van der Waals surface area contributed by atoms with Crippen molar-refractivity contribution >= 4 is 0 Å². The number of rotatable bonds is 4. The average molecular weight is 181 g/mol. The normalized spacial score (nSPS) is 34.8. The lowest BCUT2D eigenvalue weighted by molar-refractivity contribution is 0.278. The van der Waals surface area contributed by atoms with Crippen LogP contribution in [-0.2, 0) is 0 Å². The number of nitrogens with one attached hydrogen (secondary N) is 1. The molecule has 2 rings (SSSR count). The third-order valence-electron chi connectivity index (χ3n) is 3.75. The molecule has 2 unspecified atom stereocenters. The van der Waals surface area contributed by atoms with Gasteiger partial charge in [-0.25, -0.2) is 0 Å². The van der Waals surface area contributed by atoms with E-state index in [4.69, 9.17) is 0 Å². The van der Waals surface area contributed by atoms with Crippen molar-refractivity contribution in [2.75, 3.05) is 6.54 Å². The summed E-state index contributed by atoms with van der Waals surface area (Å²) in [5.41, 5.74) is 0. The Balaban J connectivity index is 1.65. The van der Waals surface area contributed by atoms with Gasteiger partial charge in [0, 0.05) is 6.04 Å². The molecule has 2 aliphatic carbocycles. The third-order valence-corrected chi connectivity index (χ3v) is 3.75. The molecule has 0 aromatic carbocycles. The van der Waals surface area contributed by atoms with E-state index in [1.54, 1.807) is 0 Å². The quantitative estimate of drug-likeness (QED) is 0.703. The van der Waals surface area contributed by atoms with Crippen molar-refractivity contribution in [3.63, 3.8) is 0 Å². The van der Waals surface area contributed by atoms with Gasteiger partial charge in [-0.1, -0.05) is 26.2 Å². The molecule has 76 valence electrons. The molecule has 0 heterocycles. The molecular formula is C12H23N. The van der Waals surface area contributed by atoms with Gasteiger partial charge in [-0.3, -0.25) is 0 Å². The summed E-state index contributed by atoms with van der Waals surface area (Å²) in [7, 11) is 0. The van der Waals surface area contributed by atoms with Gasteiger partial charge >= 0.3 is 0 Å². The predicted octanol–water partition coefficient (Wildman–Crippen LogP) is 2.95. The monoisotopic (exact) mass is 181 g/mol. The maximum absolute atomic E-state index is 3.75. The van der Waals surface area contributed by atoms with E-state index in [2.05, 4.69) is 12.2 Å². The van der Waals surface area contributed by atoms with Crippen molar-refractivity contribution in [3.05, 3.63) is 0 Å². The minimum absolute atomic E-state index is 0.860. The molecule has 0 amide bonds. The summed E-state index contributed by atoms with van der Waals surface area (Å²) >= 11 is 0. The van der Waals surface area contributed by atoms with Gasteiger partial charge in [0.1, 0.15) is 0 Å². The summed E-state index contributed by atoms with van der Waals surface area (Å²) in [6.07, 6.45) is 10.2. The van der Waals surface area contributed by atoms with E-state index in [9.17, 15) is 0 Å². The Kier molecular flexibility index (Phi) is 3.26. The van der Waals surface area contributed by atoms with E-state index < -0.39 is 0 Å². The molecule has 1 heteroatoms. The van der Waals surface area contributed by atoms with Gasteiger partial charge in [-0.2, -0.15) is 0 Å². The fourth-order valence-electron chi connectivity index (χ4n) is 2.50. The summed E-state index contributed by atoms with van der Waals surface area (Å²) in [5.74, 6) is 2.06. The Bertz CT molecular complexity index is 151. The Morgan fingerprint density at radius 2 is 1.92 bits per heavy atom. The molecule has 0 aromatic rings.